The molecule has 0 fully saturated rings. The first-order valence-corrected chi connectivity index (χ1v) is 5.35. The molecule has 0 aromatic rings. The minimum Gasteiger partial charge on any atom is -0.395 e. The molecule has 0 rings (SSSR count). The number of aliphatic hydroxyl groups excluding tert-OH is 2. The van der Waals surface area contributed by atoms with Gasteiger partial charge in [-0.3, -0.25) is 4.55 Å². The molecular weight excluding hydrogens is 198 g/mol. The first-order valence-electron chi connectivity index (χ1n) is 3.74. The van der Waals surface area contributed by atoms with Gasteiger partial charge in [0.2, 0.25) is 0 Å². The summed E-state index contributed by atoms with van der Waals surface area (Å²) in [5, 5.41) is 16.8. The van der Waals surface area contributed by atoms with Crippen molar-refractivity contribution < 1.29 is 23.2 Å². The SMILES string of the molecule is CC(O)C(N)CO.CCS(=O)(=O)O. The molecule has 0 aliphatic rings. The van der Waals surface area contributed by atoms with Crippen LogP contribution >= 0.6 is 0 Å². The lowest BCUT2D eigenvalue weighted by Gasteiger charge is -2.08. The molecule has 0 spiro atoms. The largest absolute Gasteiger partial charge is 0.395 e. The van der Waals surface area contributed by atoms with Crippen molar-refractivity contribution in [2.45, 2.75) is 26.0 Å². The quantitative estimate of drug-likeness (QED) is 0.429. The van der Waals surface area contributed by atoms with Gasteiger partial charge in [0.05, 0.1) is 24.5 Å². The van der Waals surface area contributed by atoms with E-state index in [4.69, 9.17) is 20.5 Å². The summed E-state index contributed by atoms with van der Waals surface area (Å²) >= 11 is 0. The minimum atomic E-state index is -3.66. The molecule has 5 N–H and O–H groups in total. The molecule has 2 atom stereocenters. The molecule has 0 amide bonds. The van der Waals surface area contributed by atoms with Gasteiger partial charge < -0.3 is 15.9 Å². The summed E-state index contributed by atoms with van der Waals surface area (Å²) in [4.78, 5) is 0. The average Bonchev–Trinajstić information content (AvgIpc) is 2.02. The summed E-state index contributed by atoms with van der Waals surface area (Å²) < 4.78 is 26.9. The highest BCUT2D eigenvalue weighted by molar-refractivity contribution is 7.85. The molecule has 0 saturated heterocycles. The van der Waals surface area contributed by atoms with Gasteiger partial charge in [0.15, 0.2) is 0 Å². The van der Waals surface area contributed by atoms with Gasteiger partial charge in [0, 0.05) is 0 Å². The van der Waals surface area contributed by atoms with Crippen LogP contribution in [0.2, 0.25) is 0 Å². The van der Waals surface area contributed by atoms with Gasteiger partial charge in [-0.25, -0.2) is 0 Å². The van der Waals surface area contributed by atoms with E-state index in [-0.39, 0.29) is 12.4 Å². The summed E-state index contributed by atoms with van der Waals surface area (Å²) in [6.07, 6.45) is -0.606. The van der Waals surface area contributed by atoms with Crippen molar-refractivity contribution in [1.29, 1.82) is 0 Å². The Kier molecular flexibility index (Phi) is 8.48. The maximum Gasteiger partial charge on any atom is 0.264 e. The van der Waals surface area contributed by atoms with Crippen LogP contribution in [0.5, 0.6) is 0 Å². The van der Waals surface area contributed by atoms with E-state index < -0.39 is 22.3 Å². The molecule has 0 heterocycles. The Morgan fingerprint density at radius 1 is 1.46 bits per heavy atom. The Morgan fingerprint density at radius 2 is 1.77 bits per heavy atom. The molecule has 0 aromatic carbocycles. The summed E-state index contributed by atoms with van der Waals surface area (Å²) in [6.45, 7) is 2.76. The van der Waals surface area contributed by atoms with Gasteiger partial charge in [0.1, 0.15) is 0 Å². The number of aliphatic hydroxyl groups is 2. The molecule has 0 aliphatic carbocycles. The third-order valence-corrected chi connectivity index (χ3v) is 1.92. The van der Waals surface area contributed by atoms with Gasteiger partial charge in [-0.2, -0.15) is 8.42 Å². The maximum atomic E-state index is 9.56. The van der Waals surface area contributed by atoms with Crippen molar-refractivity contribution in [3.63, 3.8) is 0 Å². The van der Waals surface area contributed by atoms with E-state index in [1.54, 1.807) is 6.92 Å². The van der Waals surface area contributed by atoms with Gasteiger partial charge in [-0.15, -0.1) is 0 Å². The molecule has 0 radical (unpaired) electrons. The average molecular weight is 215 g/mol. The predicted octanol–water partition coefficient (Wildman–Crippen LogP) is -1.42. The van der Waals surface area contributed by atoms with Crippen LogP contribution in [0.4, 0.5) is 0 Å². The van der Waals surface area contributed by atoms with Crippen LogP contribution in [0, 0.1) is 0 Å². The Labute approximate surface area is 78.1 Å². The van der Waals surface area contributed by atoms with Crippen molar-refractivity contribution in [3.05, 3.63) is 0 Å². The highest BCUT2D eigenvalue weighted by Crippen LogP contribution is 1.83. The van der Waals surface area contributed by atoms with Gasteiger partial charge >= 0.3 is 0 Å². The van der Waals surface area contributed by atoms with E-state index in [0.29, 0.717) is 0 Å². The van der Waals surface area contributed by atoms with Crippen LogP contribution < -0.4 is 5.73 Å². The highest BCUT2D eigenvalue weighted by atomic mass is 32.2. The number of hydrogen-bond acceptors (Lipinski definition) is 5. The fourth-order valence-corrected chi connectivity index (χ4v) is 0.153. The first-order chi connectivity index (χ1) is 5.74. The van der Waals surface area contributed by atoms with Crippen molar-refractivity contribution in [2.75, 3.05) is 12.4 Å². The lowest BCUT2D eigenvalue weighted by Crippen LogP contribution is -2.35. The summed E-state index contributed by atoms with van der Waals surface area (Å²) in [5.74, 6) is -0.201. The van der Waals surface area contributed by atoms with Gasteiger partial charge in [-0.1, -0.05) is 0 Å². The van der Waals surface area contributed by atoms with E-state index >= 15 is 0 Å². The third kappa shape index (κ3) is 14.6. The zero-order valence-corrected chi connectivity index (χ0v) is 8.53. The second-order valence-corrected chi connectivity index (χ2v) is 4.20. The van der Waals surface area contributed by atoms with E-state index in [2.05, 4.69) is 0 Å². The molecule has 0 saturated carbocycles. The van der Waals surface area contributed by atoms with Crippen molar-refractivity contribution >= 4 is 10.1 Å². The smallest absolute Gasteiger partial charge is 0.264 e. The lowest BCUT2D eigenvalue weighted by atomic mass is 10.2. The summed E-state index contributed by atoms with van der Waals surface area (Å²) in [5.41, 5.74) is 5.12. The molecule has 2 unspecified atom stereocenters. The minimum absolute atomic E-state index is 0.155. The van der Waals surface area contributed by atoms with Crippen LogP contribution in [0.25, 0.3) is 0 Å². The molecule has 13 heavy (non-hydrogen) atoms. The Morgan fingerprint density at radius 3 is 1.77 bits per heavy atom. The molecule has 7 heteroatoms. The normalized spacial score (nSPS) is 15.5. The van der Waals surface area contributed by atoms with Crippen LogP contribution in [-0.2, 0) is 10.1 Å². The predicted molar refractivity (Wildman–Crippen MR) is 48.8 cm³/mol. The molecule has 0 bridgehead atoms. The molecule has 6 nitrogen and oxygen atoms in total. The first kappa shape index (κ1) is 15.3. The van der Waals surface area contributed by atoms with Crippen LogP contribution in [0.15, 0.2) is 0 Å². The van der Waals surface area contributed by atoms with Crippen molar-refractivity contribution in [1.82, 2.24) is 0 Å². The van der Waals surface area contributed by atoms with Crippen LogP contribution in [0.3, 0.4) is 0 Å². The van der Waals surface area contributed by atoms with Crippen molar-refractivity contribution in [3.8, 4) is 0 Å². The van der Waals surface area contributed by atoms with Crippen LogP contribution in [-0.4, -0.2) is 47.7 Å². The standard InChI is InChI=1S/C4H11NO2.C2H6O3S/c1-3(7)4(5)2-6;1-2-6(3,4)5/h3-4,6-7H,2,5H2,1H3;2H2,1H3,(H,3,4,5). The topological polar surface area (TPSA) is 121 Å². The molecule has 0 aromatic heterocycles. The Bertz CT molecular complexity index is 201. The van der Waals surface area contributed by atoms with Crippen LogP contribution in [0.1, 0.15) is 13.8 Å². The molecule has 0 aliphatic heterocycles. The second-order valence-electron chi connectivity index (χ2n) is 2.46. The summed E-state index contributed by atoms with van der Waals surface area (Å²) in [7, 11) is -3.66. The Balaban J connectivity index is 0. The van der Waals surface area contributed by atoms with E-state index in [1.807, 2.05) is 0 Å². The van der Waals surface area contributed by atoms with Gasteiger partial charge in [-0.05, 0) is 13.8 Å². The third-order valence-electron chi connectivity index (χ3n) is 1.20. The molecule has 82 valence electrons. The number of hydrogen-bond donors (Lipinski definition) is 4. The van der Waals surface area contributed by atoms with E-state index in [9.17, 15) is 8.42 Å². The molecular formula is C6H17NO5S. The number of nitrogens with two attached hydrogens (primary N) is 1. The lowest BCUT2D eigenvalue weighted by molar-refractivity contribution is 0.123. The number of rotatable bonds is 3. The zero-order chi connectivity index (χ0) is 11.1. The monoisotopic (exact) mass is 215 g/mol. The van der Waals surface area contributed by atoms with E-state index in [1.165, 1.54) is 6.92 Å². The maximum absolute atomic E-state index is 9.56. The highest BCUT2D eigenvalue weighted by Gasteiger charge is 2.04. The zero-order valence-electron chi connectivity index (χ0n) is 7.71. The van der Waals surface area contributed by atoms with Gasteiger partial charge in [0.25, 0.3) is 10.1 Å². The summed E-state index contributed by atoms with van der Waals surface area (Å²) in [6, 6.07) is -0.486. The fraction of sp³-hybridized carbons (Fsp3) is 1.00. The van der Waals surface area contributed by atoms with Crippen molar-refractivity contribution in [2.24, 2.45) is 5.73 Å². The Hall–Kier alpha value is -0.210. The fourth-order valence-electron chi connectivity index (χ4n) is 0.153. The van der Waals surface area contributed by atoms with E-state index in [0.717, 1.165) is 0 Å². The second kappa shape index (κ2) is 7.22.